The largest absolute Gasteiger partial charge is 0.493 e. The number of carbonyl (C=O) groups is 2. The maximum Gasteiger partial charge on any atom is 0.264 e. The maximum absolute atomic E-state index is 14.1. The van der Waals surface area contributed by atoms with Crippen LogP contribution in [0.25, 0.3) is 0 Å². The van der Waals surface area contributed by atoms with Crippen molar-refractivity contribution in [1.82, 2.24) is 10.2 Å². The van der Waals surface area contributed by atoms with Gasteiger partial charge in [-0.1, -0.05) is 53.9 Å². The van der Waals surface area contributed by atoms with E-state index in [1.54, 1.807) is 43.3 Å². The molecular weight excluding hydrogens is 589 g/mol. The number of ether oxygens (including phenoxy) is 2. The van der Waals surface area contributed by atoms with Gasteiger partial charge in [0.2, 0.25) is 11.8 Å². The van der Waals surface area contributed by atoms with Crippen molar-refractivity contribution in [3.8, 4) is 11.5 Å². The van der Waals surface area contributed by atoms with E-state index in [4.69, 9.17) is 32.7 Å². The van der Waals surface area contributed by atoms with Crippen LogP contribution in [0.1, 0.15) is 24.5 Å². The first-order valence-electron chi connectivity index (χ1n) is 12.7. The number of nitrogens with one attached hydrogen (secondary N) is 1. The van der Waals surface area contributed by atoms with E-state index in [9.17, 15) is 18.0 Å². The number of sulfonamides is 1. The molecule has 0 aromatic heterocycles. The second kappa shape index (κ2) is 13.9. The molecule has 3 aromatic rings. The molecular formula is C29H33Cl2N3O6S. The van der Waals surface area contributed by atoms with E-state index in [-0.39, 0.29) is 29.3 Å². The van der Waals surface area contributed by atoms with Crippen LogP contribution in [0, 0.1) is 6.92 Å². The van der Waals surface area contributed by atoms with E-state index in [0.29, 0.717) is 21.4 Å². The van der Waals surface area contributed by atoms with Gasteiger partial charge in [0.25, 0.3) is 10.0 Å². The molecule has 0 spiro atoms. The van der Waals surface area contributed by atoms with Gasteiger partial charge in [0.15, 0.2) is 11.5 Å². The predicted molar refractivity (Wildman–Crippen MR) is 160 cm³/mol. The van der Waals surface area contributed by atoms with Crippen LogP contribution in [0.5, 0.6) is 11.5 Å². The van der Waals surface area contributed by atoms with Crippen LogP contribution in [0.4, 0.5) is 5.69 Å². The summed E-state index contributed by atoms with van der Waals surface area (Å²) in [6, 6.07) is 14.8. The number of hydrogen-bond donors (Lipinski definition) is 1. The van der Waals surface area contributed by atoms with Crippen LogP contribution in [0.2, 0.25) is 10.0 Å². The summed E-state index contributed by atoms with van der Waals surface area (Å²) < 4.78 is 39.7. The Balaban J connectivity index is 2.13. The molecule has 0 unspecified atom stereocenters. The number of hydrogen-bond acceptors (Lipinski definition) is 6. The quantitative estimate of drug-likeness (QED) is 0.303. The lowest BCUT2D eigenvalue weighted by atomic mass is 10.1. The van der Waals surface area contributed by atoms with Crippen molar-refractivity contribution >= 4 is 50.7 Å². The Kier molecular flexibility index (Phi) is 10.9. The van der Waals surface area contributed by atoms with Crippen molar-refractivity contribution in [2.24, 2.45) is 0 Å². The Morgan fingerprint density at radius 1 is 0.951 bits per heavy atom. The van der Waals surface area contributed by atoms with Crippen LogP contribution in [0.15, 0.2) is 65.6 Å². The number of amides is 2. The van der Waals surface area contributed by atoms with Gasteiger partial charge in [0.05, 0.1) is 24.8 Å². The minimum atomic E-state index is -4.24. The second-order valence-electron chi connectivity index (χ2n) is 9.16. The zero-order valence-electron chi connectivity index (χ0n) is 23.5. The van der Waals surface area contributed by atoms with Crippen LogP contribution in [-0.4, -0.2) is 59.0 Å². The lowest BCUT2D eigenvalue weighted by Crippen LogP contribution is -2.51. The van der Waals surface area contributed by atoms with Crippen LogP contribution in [0.3, 0.4) is 0 Å². The van der Waals surface area contributed by atoms with E-state index < -0.39 is 34.4 Å². The van der Waals surface area contributed by atoms with E-state index in [1.807, 2.05) is 6.92 Å². The smallest absolute Gasteiger partial charge is 0.264 e. The summed E-state index contributed by atoms with van der Waals surface area (Å²) in [5.41, 5.74) is 1.60. The molecule has 9 nitrogen and oxygen atoms in total. The average Bonchev–Trinajstić information content (AvgIpc) is 2.96. The summed E-state index contributed by atoms with van der Waals surface area (Å²) >= 11 is 12.5. The van der Waals surface area contributed by atoms with Gasteiger partial charge >= 0.3 is 0 Å². The highest BCUT2D eigenvalue weighted by Crippen LogP contribution is 2.34. The van der Waals surface area contributed by atoms with Gasteiger partial charge in [-0.25, -0.2) is 8.42 Å². The fourth-order valence-corrected chi connectivity index (χ4v) is 6.14. The normalized spacial score (nSPS) is 11.9. The average molecular weight is 623 g/mol. The number of likely N-dealkylation sites (N-methyl/N-ethyl adjacent to an activating group) is 1. The van der Waals surface area contributed by atoms with E-state index in [1.165, 1.54) is 50.4 Å². The number of aryl methyl sites for hydroxylation is 1. The first-order valence-corrected chi connectivity index (χ1v) is 14.9. The number of anilines is 1. The molecule has 41 heavy (non-hydrogen) atoms. The number of benzene rings is 3. The molecule has 0 heterocycles. The molecule has 0 radical (unpaired) electrons. The lowest BCUT2D eigenvalue weighted by molar-refractivity contribution is -0.140. The third-order valence-corrected chi connectivity index (χ3v) is 8.91. The fourth-order valence-electron chi connectivity index (χ4n) is 4.27. The van der Waals surface area contributed by atoms with Crippen molar-refractivity contribution in [1.29, 1.82) is 0 Å². The van der Waals surface area contributed by atoms with Gasteiger partial charge in [0, 0.05) is 29.7 Å². The fraction of sp³-hybridized carbons (Fsp3) is 0.310. The molecule has 0 bridgehead atoms. The van der Waals surface area contributed by atoms with Gasteiger partial charge in [-0.05, 0) is 55.3 Å². The molecule has 220 valence electrons. The first-order chi connectivity index (χ1) is 19.5. The van der Waals surface area contributed by atoms with Crippen molar-refractivity contribution in [3.63, 3.8) is 0 Å². The number of nitrogens with zero attached hydrogens (tertiary/aromatic N) is 2. The lowest BCUT2D eigenvalue weighted by Gasteiger charge is -2.33. The minimum absolute atomic E-state index is 0.00340. The number of rotatable bonds is 12. The molecule has 0 aliphatic carbocycles. The molecule has 1 atom stereocenters. The second-order valence-corrected chi connectivity index (χ2v) is 11.9. The van der Waals surface area contributed by atoms with Gasteiger partial charge in [-0.2, -0.15) is 0 Å². The molecule has 0 saturated carbocycles. The van der Waals surface area contributed by atoms with Crippen molar-refractivity contribution < 1.29 is 27.5 Å². The molecule has 0 fully saturated rings. The van der Waals surface area contributed by atoms with Crippen molar-refractivity contribution in [2.75, 3.05) is 32.1 Å². The van der Waals surface area contributed by atoms with Crippen LogP contribution < -0.4 is 19.1 Å². The van der Waals surface area contributed by atoms with Crippen molar-refractivity contribution in [2.45, 2.75) is 37.8 Å². The van der Waals surface area contributed by atoms with E-state index in [2.05, 4.69) is 5.32 Å². The maximum atomic E-state index is 14.1. The number of halogens is 2. The summed E-state index contributed by atoms with van der Waals surface area (Å²) in [7, 11) is 0.122. The zero-order valence-corrected chi connectivity index (χ0v) is 25.8. The van der Waals surface area contributed by atoms with E-state index >= 15 is 0 Å². The summed E-state index contributed by atoms with van der Waals surface area (Å²) in [6.07, 6.45) is 0.275. The zero-order chi connectivity index (χ0) is 30.3. The number of methoxy groups -OCH3 is 2. The Morgan fingerprint density at radius 3 is 2.17 bits per heavy atom. The van der Waals surface area contributed by atoms with Gasteiger partial charge in [-0.15, -0.1) is 0 Å². The van der Waals surface area contributed by atoms with Gasteiger partial charge in [0.1, 0.15) is 12.6 Å². The molecule has 1 N–H and O–H groups in total. The highest BCUT2D eigenvalue weighted by atomic mass is 35.5. The Hall–Kier alpha value is -3.47. The van der Waals surface area contributed by atoms with Gasteiger partial charge in [-0.3, -0.25) is 13.9 Å². The summed E-state index contributed by atoms with van der Waals surface area (Å²) in [4.78, 5) is 28.2. The molecule has 0 aliphatic heterocycles. The first kappa shape index (κ1) is 32.0. The minimum Gasteiger partial charge on any atom is -0.493 e. The summed E-state index contributed by atoms with van der Waals surface area (Å²) in [5.74, 6) is -0.343. The third-order valence-electron chi connectivity index (χ3n) is 6.53. The van der Waals surface area contributed by atoms with Crippen LogP contribution in [-0.2, 0) is 26.2 Å². The molecule has 0 aliphatic rings. The van der Waals surface area contributed by atoms with Gasteiger partial charge < -0.3 is 19.7 Å². The van der Waals surface area contributed by atoms with Crippen molar-refractivity contribution in [3.05, 3.63) is 81.8 Å². The molecule has 3 aromatic carbocycles. The Bertz CT molecular complexity index is 1500. The molecule has 12 heteroatoms. The standard InChI is InChI=1S/C29H33Cl2N3O6S/c1-6-25(29(36)32-3)33(17-20-9-10-21(30)15-24(20)31)28(35)18-34(22-11-14-26(39-4)27(16-22)40-5)41(37,38)23-12-7-19(2)8-13-23/h7-16,25H,6,17-18H2,1-5H3,(H,32,36)/t25-/m0/s1. The third kappa shape index (κ3) is 7.44. The highest BCUT2D eigenvalue weighted by Gasteiger charge is 2.34. The molecule has 0 saturated heterocycles. The number of carbonyl (C=O) groups excluding carboxylic acids is 2. The predicted octanol–water partition coefficient (Wildman–Crippen LogP) is 5.07. The molecule has 2 amide bonds. The van der Waals surface area contributed by atoms with Crippen LogP contribution >= 0.6 is 23.2 Å². The van der Waals surface area contributed by atoms with E-state index in [0.717, 1.165) is 9.87 Å². The Morgan fingerprint density at radius 2 is 1.61 bits per heavy atom. The summed E-state index contributed by atoms with van der Waals surface area (Å²) in [6.45, 7) is 2.95. The summed E-state index contributed by atoms with van der Waals surface area (Å²) in [5, 5.41) is 3.31. The Labute approximate surface area is 251 Å². The monoisotopic (exact) mass is 621 g/mol. The molecule has 3 rings (SSSR count). The SMILES string of the molecule is CC[C@@H](C(=O)NC)N(Cc1ccc(Cl)cc1Cl)C(=O)CN(c1ccc(OC)c(OC)c1)S(=O)(=O)c1ccc(C)cc1. The highest BCUT2D eigenvalue weighted by molar-refractivity contribution is 7.92. The topological polar surface area (TPSA) is 105 Å².